The van der Waals surface area contributed by atoms with Gasteiger partial charge in [-0.1, -0.05) is 0 Å². The summed E-state index contributed by atoms with van der Waals surface area (Å²) in [6.07, 6.45) is -2.32. The Hall–Kier alpha value is -2.26. The zero-order valence-electron chi connectivity index (χ0n) is 9.95. The fourth-order valence-corrected chi connectivity index (χ4v) is 1.62. The van der Waals surface area contributed by atoms with Crippen molar-refractivity contribution in [1.29, 1.82) is 0 Å². The Labute approximate surface area is 106 Å². The second-order valence-corrected chi connectivity index (χ2v) is 3.71. The van der Waals surface area contributed by atoms with E-state index in [1.54, 1.807) is 6.92 Å². The van der Waals surface area contributed by atoms with E-state index in [-0.39, 0.29) is 23.3 Å². The number of hydrogen-bond acceptors (Lipinski definition) is 7. The number of carbonyl (C=O) groups excluding carboxylic acids is 1. The fraction of sp³-hybridized carbons (Fsp3) is 0.400. The number of rotatable bonds is 4. The van der Waals surface area contributed by atoms with Crippen LogP contribution in [0.1, 0.15) is 18.7 Å². The van der Waals surface area contributed by atoms with Crippen LogP contribution >= 0.6 is 0 Å². The molecule has 2 heterocycles. The SMILES string of the molecule is CCOC(=O)C(O)C(O)c1[nH]nc2nc[nH]c(=O)c12. The number of esters is 1. The summed E-state index contributed by atoms with van der Waals surface area (Å²) >= 11 is 0. The summed E-state index contributed by atoms with van der Waals surface area (Å²) in [5.74, 6) is -0.988. The summed E-state index contributed by atoms with van der Waals surface area (Å²) in [6, 6.07) is 0. The predicted molar refractivity (Wildman–Crippen MR) is 62.1 cm³/mol. The van der Waals surface area contributed by atoms with Crippen molar-refractivity contribution in [3.05, 3.63) is 22.4 Å². The average Bonchev–Trinajstić information content (AvgIpc) is 2.82. The molecule has 0 amide bonds. The van der Waals surface area contributed by atoms with Gasteiger partial charge < -0.3 is 19.9 Å². The molecule has 102 valence electrons. The number of carbonyl (C=O) groups is 1. The molecular weight excluding hydrogens is 256 g/mol. The molecule has 0 aliphatic heterocycles. The summed E-state index contributed by atoms with van der Waals surface area (Å²) < 4.78 is 4.58. The zero-order valence-corrected chi connectivity index (χ0v) is 9.95. The minimum Gasteiger partial charge on any atom is -0.464 e. The normalized spacial score (nSPS) is 14.3. The van der Waals surface area contributed by atoms with E-state index in [1.165, 1.54) is 0 Å². The van der Waals surface area contributed by atoms with E-state index in [4.69, 9.17) is 0 Å². The number of aliphatic hydroxyl groups is 2. The van der Waals surface area contributed by atoms with Crippen molar-refractivity contribution in [2.75, 3.05) is 6.61 Å². The van der Waals surface area contributed by atoms with E-state index in [0.717, 1.165) is 6.33 Å². The fourth-order valence-electron chi connectivity index (χ4n) is 1.62. The van der Waals surface area contributed by atoms with Gasteiger partial charge in [0.2, 0.25) is 0 Å². The maximum atomic E-state index is 11.6. The molecular formula is C10H12N4O5. The molecule has 9 nitrogen and oxygen atoms in total. The molecule has 0 saturated heterocycles. The lowest BCUT2D eigenvalue weighted by molar-refractivity contribution is -0.159. The van der Waals surface area contributed by atoms with Gasteiger partial charge in [-0.25, -0.2) is 9.78 Å². The van der Waals surface area contributed by atoms with Crippen molar-refractivity contribution in [2.24, 2.45) is 0 Å². The molecule has 0 bridgehead atoms. The number of fused-ring (bicyclic) bond motifs is 1. The maximum Gasteiger partial charge on any atom is 0.338 e. The van der Waals surface area contributed by atoms with E-state index in [2.05, 4.69) is 24.9 Å². The van der Waals surface area contributed by atoms with Gasteiger partial charge in [-0.15, -0.1) is 0 Å². The summed E-state index contributed by atoms with van der Waals surface area (Å²) in [7, 11) is 0. The molecule has 0 aliphatic rings. The van der Waals surface area contributed by atoms with Crippen LogP contribution in [0, 0.1) is 0 Å². The van der Waals surface area contributed by atoms with Gasteiger partial charge in [0.1, 0.15) is 11.5 Å². The molecule has 2 aromatic rings. The van der Waals surface area contributed by atoms with Crippen LogP contribution in [0.15, 0.2) is 11.1 Å². The van der Waals surface area contributed by atoms with Crippen LogP contribution in [-0.2, 0) is 9.53 Å². The van der Waals surface area contributed by atoms with Crippen LogP contribution in [-0.4, -0.2) is 49.1 Å². The van der Waals surface area contributed by atoms with Gasteiger partial charge in [-0.3, -0.25) is 9.89 Å². The summed E-state index contributed by atoms with van der Waals surface area (Å²) in [5, 5.41) is 25.6. The van der Waals surface area contributed by atoms with Crippen molar-refractivity contribution in [3.63, 3.8) is 0 Å². The van der Waals surface area contributed by atoms with Gasteiger partial charge in [0.15, 0.2) is 11.8 Å². The van der Waals surface area contributed by atoms with Crippen LogP contribution in [0.2, 0.25) is 0 Å². The number of nitrogens with zero attached hydrogens (tertiary/aromatic N) is 2. The molecule has 2 unspecified atom stereocenters. The Kier molecular flexibility index (Phi) is 3.58. The second-order valence-electron chi connectivity index (χ2n) is 3.71. The van der Waals surface area contributed by atoms with Gasteiger partial charge in [-0.2, -0.15) is 5.10 Å². The third-order valence-electron chi connectivity index (χ3n) is 2.51. The van der Waals surface area contributed by atoms with Crippen molar-refractivity contribution in [2.45, 2.75) is 19.1 Å². The predicted octanol–water partition coefficient (Wildman–Crippen LogP) is -1.40. The average molecular weight is 268 g/mol. The topological polar surface area (TPSA) is 141 Å². The monoisotopic (exact) mass is 268 g/mol. The van der Waals surface area contributed by atoms with Gasteiger partial charge in [0.05, 0.1) is 18.6 Å². The van der Waals surface area contributed by atoms with E-state index >= 15 is 0 Å². The first kappa shape index (κ1) is 13.2. The third kappa shape index (κ3) is 2.33. The Bertz CT molecular complexity index is 649. The summed E-state index contributed by atoms with van der Waals surface area (Å²) in [4.78, 5) is 29.0. The number of hydrogen-bond donors (Lipinski definition) is 4. The molecule has 0 spiro atoms. The van der Waals surface area contributed by atoms with Crippen LogP contribution in [0.25, 0.3) is 11.0 Å². The Balaban J connectivity index is 2.39. The molecule has 0 fully saturated rings. The van der Waals surface area contributed by atoms with E-state index in [9.17, 15) is 19.8 Å². The molecule has 2 aromatic heterocycles. The first-order chi connectivity index (χ1) is 9.06. The highest BCUT2D eigenvalue weighted by Gasteiger charge is 2.30. The summed E-state index contributed by atoms with van der Waals surface area (Å²) in [5.41, 5.74) is -0.553. The molecule has 0 aliphatic carbocycles. The largest absolute Gasteiger partial charge is 0.464 e. The first-order valence-corrected chi connectivity index (χ1v) is 5.50. The number of ether oxygens (including phenoxy) is 1. The van der Waals surface area contributed by atoms with Crippen molar-refractivity contribution in [3.8, 4) is 0 Å². The third-order valence-corrected chi connectivity index (χ3v) is 2.51. The van der Waals surface area contributed by atoms with Crippen LogP contribution < -0.4 is 5.56 Å². The highest BCUT2D eigenvalue weighted by molar-refractivity contribution is 5.80. The standard InChI is InChI=1S/C10H12N4O5/c1-2-19-10(18)7(16)6(15)5-4-8(14-13-5)11-3-12-9(4)17/h3,6-7,15-16H,2H2,1H3,(H2,11,12,13,14,17). The lowest BCUT2D eigenvalue weighted by Crippen LogP contribution is -2.30. The number of aromatic nitrogens is 4. The smallest absolute Gasteiger partial charge is 0.338 e. The quantitative estimate of drug-likeness (QED) is 0.500. The second kappa shape index (κ2) is 5.16. The van der Waals surface area contributed by atoms with Gasteiger partial charge in [-0.05, 0) is 6.92 Å². The molecule has 19 heavy (non-hydrogen) atoms. The molecule has 0 aromatic carbocycles. The Morgan fingerprint density at radius 3 is 2.95 bits per heavy atom. The van der Waals surface area contributed by atoms with E-state index in [0.29, 0.717) is 0 Å². The first-order valence-electron chi connectivity index (χ1n) is 5.50. The number of nitrogens with one attached hydrogen (secondary N) is 2. The minimum absolute atomic E-state index is 0.0154. The van der Waals surface area contributed by atoms with Crippen molar-refractivity contribution in [1.82, 2.24) is 20.2 Å². The van der Waals surface area contributed by atoms with Gasteiger partial charge in [0.25, 0.3) is 5.56 Å². The van der Waals surface area contributed by atoms with Crippen molar-refractivity contribution < 1.29 is 19.7 Å². The Morgan fingerprint density at radius 1 is 1.53 bits per heavy atom. The highest BCUT2D eigenvalue weighted by atomic mass is 16.5. The van der Waals surface area contributed by atoms with Crippen LogP contribution in [0.5, 0.6) is 0 Å². The Morgan fingerprint density at radius 2 is 2.26 bits per heavy atom. The molecule has 4 N–H and O–H groups in total. The lowest BCUT2D eigenvalue weighted by atomic mass is 10.1. The highest BCUT2D eigenvalue weighted by Crippen LogP contribution is 2.20. The van der Waals surface area contributed by atoms with Gasteiger partial charge >= 0.3 is 5.97 Å². The van der Waals surface area contributed by atoms with Crippen LogP contribution in [0.3, 0.4) is 0 Å². The van der Waals surface area contributed by atoms with Gasteiger partial charge in [0, 0.05) is 0 Å². The van der Waals surface area contributed by atoms with Crippen molar-refractivity contribution >= 4 is 17.0 Å². The number of aliphatic hydroxyl groups excluding tert-OH is 2. The van der Waals surface area contributed by atoms with E-state index < -0.39 is 23.7 Å². The maximum absolute atomic E-state index is 11.6. The van der Waals surface area contributed by atoms with Crippen LogP contribution in [0.4, 0.5) is 0 Å². The molecule has 9 heteroatoms. The minimum atomic E-state index is -1.82. The number of aromatic amines is 2. The lowest BCUT2D eigenvalue weighted by Gasteiger charge is -2.14. The number of H-pyrrole nitrogens is 2. The summed E-state index contributed by atoms with van der Waals surface area (Å²) in [6.45, 7) is 1.63. The molecule has 2 atom stereocenters. The zero-order chi connectivity index (χ0) is 14.0. The van der Waals surface area contributed by atoms with E-state index in [1.807, 2.05) is 0 Å². The molecule has 2 rings (SSSR count). The molecule has 0 saturated carbocycles. The molecule has 0 radical (unpaired) electrons.